The molecule has 0 N–H and O–H groups in total. The molecule has 0 bridgehead atoms. The van der Waals surface area contributed by atoms with Gasteiger partial charge in [0, 0.05) is 6.07 Å². The number of halogens is 2. The zero-order chi connectivity index (χ0) is 19.9. The van der Waals surface area contributed by atoms with Gasteiger partial charge in [0.15, 0.2) is 0 Å². The molecule has 0 aromatic heterocycles. The largest absolute Gasteiger partial charge is 0.426 e. The number of ether oxygens (including phenoxy) is 1. The Hall–Kier alpha value is -1.09. The summed E-state index contributed by atoms with van der Waals surface area (Å²) in [6, 6.07) is 4.16. The summed E-state index contributed by atoms with van der Waals surface area (Å²) in [6.45, 7) is 2.27. The summed E-state index contributed by atoms with van der Waals surface area (Å²) in [5.74, 6) is 1.99. The number of benzene rings is 1. The molecule has 2 aliphatic carbocycles. The molecule has 0 unspecified atom stereocenters. The number of rotatable bonds is 7. The zero-order valence-corrected chi connectivity index (χ0v) is 17.9. The molecule has 2 aliphatic rings. The third-order valence-electron chi connectivity index (χ3n) is 6.99. The van der Waals surface area contributed by atoms with Crippen LogP contribution in [0.25, 0.3) is 0 Å². The molecule has 1 aromatic carbocycles. The molecule has 4 heteroatoms. The Morgan fingerprint density at radius 3 is 2.29 bits per heavy atom. The lowest BCUT2D eigenvalue weighted by Crippen LogP contribution is -2.30. The van der Waals surface area contributed by atoms with Crippen molar-refractivity contribution in [2.24, 2.45) is 23.7 Å². The number of hydrogen-bond donors (Lipinski definition) is 0. The van der Waals surface area contributed by atoms with Gasteiger partial charge in [-0.1, -0.05) is 57.0 Å². The van der Waals surface area contributed by atoms with Gasteiger partial charge in [0.2, 0.25) is 0 Å². The first-order valence-electron chi connectivity index (χ1n) is 11.2. The van der Waals surface area contributed by atoms with Gasteiger partial charge in [0.1, 0.15) is 11.6 Å². The fourth-order valence-corrected chi connectivity index (χ4v) is 5.32. The normalized spacial score (nSPS) is 28.1. The van der Waals surface area contributed by atoms with Gasteiger partial charge in [-0.05, 0) is 68.4 Å². The average molecular weight is 409 g/mol. The highest BCUT2D eigenvalue weighted by Crippen LogP contribution is 2.42. The summed E-state index contributed by atoms with van der Waals surface area (Å²) < 4.78 is 18.9. The summed E-state index contributed by atoms with van der Waals surface area (Å²) in [6.07, 6.45) is 15.1. The maximum absolute atomic E-state index is 13.5. The van der Waals surface area contributed by atoms with Crippen LogP contribution in [0.3, 0.4) is 0 Å². The van der Waals surface area contributed by atoms with E-state index in [1.165, 1.54) is 63.5 Å². The van der Waals surface area contributed by atoms with E-state index in [0.717, 1.165) is 43.4 Å². The van der Waals surface area contributed by atoms with Crippen LogP contribution in [-0.2, 0) is 4.79 Å². The van der Waals surface area contributed by atoms with Crippen molar-refractivity contribution in [1.82, 2.24) is 0 Å². The molecule has 28 heavy (non-hydrogen) atoms. The second-order valence-corrected chi connectivity index (χ2v) is 9.29. The Bertz CT molecular complexity index is 631. The molecule has 0 aliphatic heterocycles. The third-order valence-corrected chi connectivity index (χ3v) is 7.30. The van der Waals surface area contributed by atoms with Gasteiger partial charge in [-0.15, -0.1) is 0 Å². The molecule has 3 rings (SSSR count). The highest BCUT2D eigenvalue weighted by Gasteiger charge is 2.33. The molecule has 156 valence electrons. The van der Waals surface area contributed by atoms with E-state index in [9.17, 15) is 9.18 Å². The molecule has 2 saturated carbocycles. The van der Waals surface area contributed by atoms with E-state index in [4.69, 9.17) is 16.3 Å². The third kappa shape index (κ3) is 5.95. The Morgan fingerprint density at radius 2 is 1.68 bits per heavy atom. The van der Waals surface area contributed by atoms with Crippen molar-refractivity contribution >= 4 is 17.6 Å². The Balaban J connectivity index is 1.39. The fraction of sp³-hybridized carbons (Fsp3) is 0.708. The number of hydrogen-bond acceptors (Lipinski definition) is 2. The minimum atomic E-state index is -0.555. The van der Waals surface area contributed by atoms with Crippen LogP contribution in [0.2, 0.25) is 5.02 Å². The van der Waals surface area contributed by atoms with Crippen molar-refractivity contribution in [3.63, 3.8) is 0 Å². The second kappa shape index (κ2) is 10.6. The highest BCUT2D eigenvalue weighted by molar-refractivity contribution is 6.30. The van der Waals surface area contributed by atoms with Crippen molar-refractivity contribution in [2.75, 3.05) is 0 Å². The summed E-state index contributed by atoms with van der Waals surface area (Å²) in [5.41, 5.74) is 0. The molecule has 0 amide bonds. The van der Waals surface area contributed by atoms with Gasteiger partial charge in [-0.25, -0.2) is 4.39 Å². The summed E-state index contributed by atoms with van der Waals surface area (Å²) in [7, 11) is 0. The van der Waals surface area contributed by atoms with Gasteiger partial charge in [0.05, 0.1) is 10.9 Å². The predicted octanol–water partition coefficient (Wildman–Crippen LogP) is 7.58. The molecule has 1 aromatic rings. The molecule has 2 fully saturated rings. The van der Waals surface area contributed by atoms with Crippen molar-refractivity contribution < 1.29 is 13.9 Å². The van der Waals surface area contributed by atoms with Gasteiger partial charge in [-0.3, -0.25) is 4.79 Å². The van der Waals surface area contributed by atoms with E-state index in [-0.39, 0.29) is 22.7 Å². The van der Waals surface area contributed by atoms with E-state index in [1.807, 2.05) is 0 Å². The minimum Gasteiger partial charge on any atom is -0.426 e. The molecule has 0 heterocycles. The highest BCUT2D eigenvalue weighted by atomic mass is 35.5. The van der Waals surface area contributed by atoms with Gasteiger partial charge >= 0.3 is 5.97 Å². The smallest absolute Gasteiger partial charge is 0.314 e. The first kappa shape index (κ1) is 21.6. The molecule has 0 spiro atoms. The number of unbranched alkanes of at least 4 members (excludes halogenated alkanes) is 2. The molecule has 0 atom stereocenters. The number of carbonyl (C=O) groups excluding carboxylic acids is 1. The van der Waals surface area contributed by atoms with E-state index >= 15 is 0 Å². The standard InChI is InChI=1S/C24H34ClFO2/c1-2-3-4-5-17-6-8-18(9-7-17)19-10-12-20(13-11-19)24(27)28-21-14-15-22(25)23(26)16-21/h14-20H,2-13H2,1H3/t17-,18-,19-,20-. The predicted molar refractivity (Wildman–Crippen MR) is 112 cm³/mol. The van der Waals surface area contributed by atoms with E-state index in [2.05, 4.69) is 6.92 Å². The van der Waals surface area contributed by atoms with Crippen molar-refractivity contribution in [2.45, 2.75) is 84.0 Å². The van der Waals surface area contributed by atoms with Crippen LogP contribution in [-0.4, -0.2) is 5.97 Å². The van der Waals surface area contributed by atoms with Crippen molar-refractivity contribution in [1.29, 1.82) is 0 Å². The number of esters is 1. The van der Waals surface area contributed by atoms with E-state index in [1.54, 1.807) is 6.07 Å². The van der Waals surface area contributed by atoms with Crippen molar-refractivity contribution in [3.8, 4) is 5.75 Å². The molecule has 0 saturated heterocycles. The SMILES string of the molecule is CCCCC[C@H]1CC[C@H]([C@H]2CC[C@H](C(=O)Oc3ccc(Cl)c(F)c3)CC2)CC1. The molecular formula is C24H34ClFO2. The van der Waals surface area contributed by atoms with E-state index < -0.39 is 5.82 Å². The Kier molecular flexibility index (Phi) is 8.20. The van der Waals surface area contributed by atoms with Crippen LogP contribution in [0.5, 0.6) is 5.75 Å². The monoisotopic (exact) mass is 408 g/mol. The van der Waals surface area contributed by atoms with Crippen LogP contribution in [0.1, 0.15) is 84.0 Å². The second-order valence-electron chi connectivity index (χ2n) is 8.89. The quantitative estimate of drug-likeness (QED) is 0.264. The topological polar surface area (TPSA) is 26.3 Å². The lowest BCUT2D eigenvalue weighted by Gasteiger charge is -2.37. The van der Waals surface area contributed by atoms with E-state index in [0.29, 0.717) is 0 Å². The Morgan fingerprint density at radius 1 is 1.04 bits per heavy atom. The van der Waals surface area contributed by atoms with Crippen LogP contribution < -0.4 is 4.74 Å². The van der Waals surface area contributed by atoms with Crippen molar-refractivity contribution in [3.05, 3.63) is 29.0 Å². The number of carbonyl (C=O) groups is 1. The maximum Gasteiger partial charge on any atom is 0.314 e. The summed E-state index contributed by atoms with van der Waals surface area (Å²) in [4.78, 5) is 12.4. The van der Waals surface area contributed by atoms with Crippen LogP contribution in [0.4, 0.5) is 4.39 Å². The summed E-state index contributed by atoms with van der Waals surface area (Å²) in [5, 5.41) is 0.0420. The minimum absolute atomic E-state index is 0.0420. The average Bonchev–Trinajstić information content (AvgIpc) is 2.72. The molecule has 2 nitrogen and oxygen atoms in total. The van der Waals surface area contributed by atoms with Crippen LogP contribution in [0, 0.1) is 29.5 Å². The van der Waals surface area contributed by atoms with Gasteiger partial charge in [0.25, 0.3) is 0 Å². The van der Waals surface area contributed by atoms with Gasteiger partial charge < -0.3 is 4.74 Å². The van der Waals surface area contributed by atoms with Gasteiger partial charge in [-0.2, -0.15) is 0 Å². The Labute approximate surface area is 174 Å². The van der Waals surface area contributed by atoms with Crippen LogP contribution in [0.15, 0.2) is 18.2 Å². The lowest BCUT2D eigenvalue weighted by molar-refractivity contribution is -0.140. The first-order valence-corrected chi connectivity index (χ1v) is 11.6. The molecular weight excluding hydrogens is 375 g/mol. The maximum atomic E-state index is 13.5. The lowest BCUT2D eigenvalue weighted by atomic mass is 9.68. The first-order chi connectivity index (χ1) is 13.6. The summed E-state index contributed by atoms with van der Waals surface area (Å²) >= 11 is 5.68. The van der Waals surface area contributed by atoms with Crippen LogP contribution >= 0.6 is 11.6 Å². The molecule has 0 radical (unpaired) electrons. The fourth-order valence-electron chi connectivity index (χ4n) is 5.20. The zero-order valence-electron chi connectivity index (χ0n) is 17.1.